The number of aromatic nitrogens is 2. The van der Waals surface area contributed by atoms with Crippen molar-refractivity contribution < 1.29 is 18.6 Å². The van der Waals surface area contributed by atoms with Crippen molar-refractivity contribution in [1.29, 1.82) is 0 Å². The molecule has 3 rings (SSSR count). The van der Waals surface area contributed by atoms with Gasteiger partial charge in [-0.05, 0) is 12.1 Å². The SMILES string of the molecule is O=Cc1ccc(-c2noc(/C=N\OCc3ccco3)n2)cc1. The lowest BCUT2D eigenvalue weighted by Gasteiger charge is -1.93. The Labute approximate surface area is 125 Å². The van der Waals surface area contributed by atoms with Crippen molar-refractivity contribution in [3.8, 4) is 11.4 Å². The normalized spacial score (nSPS) is 10.9. The highest BCUT2D eigenvalue weighted by Gasteiger charge is 2.07. The van der Waals surface area contributed by atoms with Crippen LogP contribution in [0.5, 0.6) is 0 Å². The summed E-state index contributed by atoms with van der Waals surface area (Å²) in [6, 6.07) is 10.4. The van der Waals surface area contributed by atoms with Crippen LogP contribution in [0.15, 0.2) is 56.8 Å². The molecule has 0 aliphatic carbocycles. The third kappa shape index (κ3) is 3.26. The summed E-state index contributed by atoms with van der Waals surface area (Å²) in [7, 11) is 0. The van der Waals surface area contributed by atoms with Gasteiger partial charge in [-0.25, -0.2) is 0 Å². The Morgan fingerprint density at radius 2 is 2.09 bits per heavy atom. The van der Waals surface area contributed by atoms with E-state index in [9.17, 15) is 4.79 Å². The smallest absolute Gasteiger partial charge is 0.272 e. The predicted octanol–water partition coefficient (Wildman–Crippen LogP) is 2.69. The molecule has 0 aliphatic rings. The van der Waals surface area contributed by atoms with Crippen LogP contribution in [0.1, 0.15) is 22.0 Å². The number of hydrogen-bond acceptors (Lipinski definition) is 7. The van der Waals surface area contributed by atoms with Crippen LogP contribution in [0.25, 0.3) is 11.4 Å². The van der Waals surface area contributed by atoms with Gasteiger partial charge in [0.1, 0.15) is 18.3 Å². The second kappa shape index (κ2) is 6.49. The van der Waals surface area contributed by atoms with Gasteiger partial charge in [0.05, 0.1) is 6.26 Å². The van der Waals surface area contributed by atoms with Gasteiger partial charge < -0.3 is 13.8 Å². The van der Waals surface area contributed by atoms with E-state index >= 15 is 0 Å². The number of rotatable bonds is 6. The highest BCUT2D eigenvalue weighted by atomic mass is 16.6. The molecule has 0 amide bonds. The highest BCUT2D eigenvalue weighted by Crippen LogP contribution is 2.15. The molecule has 2 heterocycles. The molecule has 1 aromatic carbocycles. The Kier molecular flexibility index (Phi) is 4.05. The molecule has 7 nitrogen and oxygen atoms in total. The molecule has 110 valence electrons. The Morgan fingerprint density at radius 3 is 2.82 bits per heavy atom. The van der Waals surface area contributed by atoms with Gasteiger partial charge in [0.15, 0.2) is 6.61 Å². The lowest BCUT2D eigenvalue weighted by atomic mass is 10.1. The minimum Gasteiger partial charge on any atom is -0.466 e. The van der Waals surface area contributed by atoms with Crippen molar-refractivity contribution in [2.45, 2.75) is 6.61 Å². The lowest BCUT2D eigenvalue weighted by molar-refractivity contribution is 0.112. The van der Waals surface area contributed by atoms with Gasteiger partial charge in [-0.1, -0.05) is 34.6 Å². The van der Waals surface area contributed by atoms with E-state index in [0.29, 0.717) is 17.1 Å². The van der Waals surface area contributed by atoms with E-state index in [4.69, 9.17) is 13.8 Å². The van der Waals surface area contributed by atoms with Crippen molar-refractivity contribution >= 4 is 12.5 Å². The molecule has 22 heavy (non-hydrogen) atoms. The Morgan fingerprint density at radius 1 is 1.23 bits per heavy atom. The Hall–Kier alpha value is -3.22. The number of hydrogen-bond donors (Lipinski definition) is 0. The zero-order valence-corrected chi connectivity index (χ0v) is 11.4. The molecule has 2 aromatic heterocycles. The highest BCUT2D eigenvalue weighted by molar-refractivity contribution is 5.76. The summed E-state index contributed by atoms with van der Waals surface area (Å²) in [6.07, 6.45) is 3.65. The van der Waals surface area contributed by atoms with Crippen LogP contribution in [-0.4, -0.2) is 22.6 Å². The van der Waals surface area contributed by atoms with Crippen LogP contribution in [-0.2, 0) is 11.4 Å². The van der Waals surface area contributed by atoms with Gasteiger partial charge in [0, 0.05) is 11.1 Å². The van der Waals surface area contributed by atoms with Crippen LogP contribution in [0, 0.1) is 0 Å². The van der Waals surface area contributed by atoms with E-state index in [2.05, 4.69) is 15.3 Å². The van der Waals surface area contributed by atoms with Gasteiger partial charge in [-0.3, -0.25) is 4.79 Å². The van der Waals surface area contributed by atoms with Crippen molar-refractivity contribution in [2.75, 3.05) is 0 Å². The predicted molar refractivity (Wildman–Crippen MR) is 76.2 cm³/mol. The largest absolute Gasteiger partial charge is 0.466 e. The number of nitrogens with zero attached hydrogens (tertiary/aromatic N) is 3. The zero-order chi connectivity index (χ0) is 15.2. The third-order valence-corrected chi connectivity index (χ3v) is 2.77. The minimum atomic E-state index is 0.217. The summed E-state index contributed by atoms with van der Waals surface area (Å²) in [5, 5.41) is 7.55. The molecule has 0 bridgehead atoms. The van der Waals surface area contributed by atoms with Crippen LogP contribution >= 0.6 is 0 Å². The number of aldehydes is 1. The maximum atomic E-state index is 10.6. The first kappa shape index (κ1) is 13.7. The maximum absolute atomic E-state index is 10.6. The summed E-state index contributed by atoms with van der Waals surface area (Å²) >= 11 is 0. The number of benzene rings is 1. The number of carbonyl (C=O) groups is 1. The average molecular weight is 297 g/mol. The van der Waals surface area contributed by atoms with E-state index in [1.54, 1.807) is 42.7 Å². The van der Waals surface area contributed by atoms with Crippen molar-refractivity contribution in [2.24, 2.45) is 5.16 Å². The van der Waals surface area contributed by atoms with E-state index in [0.717, 1.165) is 11.8 Å². The quantitative estimate of drug-likeness (QED) is 0.394. The first-order valence-corrected chi connectivity index (χ1v) is 6.42. The summed E-state index contributed by atoms with van der Waals surface area (Å²) in [6.45, 7) is 0.220. The molecule has 0 spiro atoms. The number of carbonyl (C=O) groups excluding carboxylic acids is 1. The molecular weight excluding hydrogens is 286 g/mol. The second-order valence-electron chi connectivity index (χ2n) is 4.28. The molecule has 0 fully saturated rings. The van der Waals surface area contributed by atoms with Crippen LogP contribution in [0.3, 0.4) is 0 Å². The summed E-state index contributed by atoms with van der Waals surface area (Å²) in [4.78, 5) is 19.8. The van der Waals surface area contributed by atoms with Gasteiger partial charge in [0.25, 0.3) is 5.89 Å². The van der Waals surface area contributed by atoms with Crippen LogP contribution in [0.4, 0.5) is 0 Å². The monoisotopic (exact) mass is 297 g/mol. The summed E-state index contributed by atoms with van der Waals surface area (Å²) < 4.78 is 10.1. The standard InChI is InChI=1S/C15H11N3O4/c19-9-11-3-5-12(6-4-11)15-17-14(22-18-15)8-16-21-10-13-2-1-7-20-13/h1-9H,10H2/b16-8-. The molecule has 3 aromatic rings. The van der Waals surface area contributed by atoms with E-state index in [1.807, 2.05) is 0 Å². The Balaban J connectivity index is 1.61. The van der Waals surface area contributed by atoms with Gasteiger partial charge in [-0.2, -0.15) is 4.98 Å². The first-order valence-electron chi connectivity index (χ1n) is 6.42. The molecular formula is C15H11N3O4. The minimum absolute atomic E-state index is 0.217. The fourth-order valence-electron chi connectivity index (χ4n) is 1.69. The summed E-state index contributed by atoms with van der Waals surface area (Å²) in [5.74, 6) is 1.29. The third-order valence-electron chi connectivity index (χ3n) is 2.77. The van der Waals surface area contributed by atoms with E-state index < -0.39 is 0 Å². The van der Waals surface area contributed by atoms with Crippen LogP contribution in [0.2, 0.25) is 0 Å². The van der Waals surface area contributed by atoms with Crippen molar-refractivity contribution in [1.82, 2.24) is 10.1 Å². The van der Waals surface area contributed by atoms with Crippen LogP contribution < -0.4 is 0 Å². The second-order valence-corrected chi connectivity index (χ2v) is 4.28. The fourth-order valence-corrected chi connectivity index (χ4v) is 1.69. The topological polar surface area (TPSA) is 90.7 Å². The van der Waals surface area contributed by atoms with Crippen molar-refractivity contribution in [3.05, 3.63) is 59.9 Å². The molecule has 0 atom stereocenters. The zero-order valence-electron chi connectivity index (χ0n) is 11.4. The van der Waals surface area contributed by atoms with Crippen molar-refractivity contribution in [3.63, 3.8) is 0 Å². The molecule has 0 unspecified atom stereocenters. The maximum Gasteiger partial charge on any atom is 0.272 e. The van der Waals surface area contributed by atoms with Gasteiger partial charge in [-0.15, -0.1) is 0 Å². The number of furan rings is 1. The fraction of sp³-hybridized carbons (Fsp3) is 0.0667. The average Bonchev–Trinajstić information content (AvgIpc) is 3.23. The molecule has 0 aliphatic heterocycles. The number of oxime groups is 1. The molecule has 0 N–H and O–H groups in total. The molecule has 0 saturated carbocycles. The van der Waals surface area contributed by atoms with Gasteiger partial charge >= 0.3 is 0 Å². The molecule has 7 heteroatoms. The lowest BCUT2D eigenvalue weighted by Crippen LogP contribution is -1.87. The van der Waals surface area contributed by atoms with E-state index in [1.165, 1.54) is 6.21 Å². The van der Waals surface area contributed by atoms with E-state index in [-0.39, 0.29) is 12.5 Å². The summed E-state index contributed by atoms with van der Waals surface area (Å²) in [5.41, 5.74) is 1.32. The Bertz CT molecular complexity index is 760. The molecule has 0 saturated heterocycles. The first-order chi connectivity index (χ1) is 10.8. The molecule has 0 radical (unpaired) electrons. The van der Waals surface area contributed by atoms with Gasteiger partial charge in [0.2, 0.25) is 5.82 Å².